The number of nitrogens with zero attached hydrogens (tertiary/aromatic N) is 2. The fourth-order valence-corrected chi connectivity index (χ4v) is 7.50. The first kappa shape index (κ1) is 34.2. The molecule has 4 aliphatic rings. The number of primary sulfonamides is 1. The van der Waals surface area contributed by atoms with Crippen LogP contribution >= 0.6 is 0 Å². The zero-order chi connectivity index (χ0) is 31.5. The Labute approximate surface area is 248 Å². The van der Waals surface area contributed by atoms with Crippen LogP contribution in [0.25, 0.3) is 0 Å². The predicted molar refractivity (Wildman–Crippen MR) is 158 cm³/mol. The van der Waals surface area contributed by atoms with Gasteiger partial charge in [-0.2, -0.15) is 0 Å². The molecular weight excluding hydrogens is 567 g/mol. The number of aliphatic imine (C=N–C) groups is 1. The Kier molecular flexibility index (Phi) is 11.0. The van der Waals surface area contributed by atoms with Gasteiger partial charge in [0.15, 0.2) is 5.03 Å². The van der Waals surface area contributed by atoms with E-state index in [0.717, 1.165) is 12.8 Å². The zero-order valence-corrected chi connectivity index (χ0v) is 26.2. The van der Waals surface area contributed by atoms with Gasteiger partial charge in [-0.1, -0.05) is 33.1 Å². The van der Waals surface area contributed by atoms with E-state index in [2.05, 4.69) is 44.9 Å². The maximum Gasteiger partial charge on any atom is 0.481 e. The lowest BCUT2D eigenvalue weighted by molar-refractivity contribution is -0.525. The first-order valence-electron chi connectivity index (χ1n) is 14.8. The Bertz CT molecular complexity index is 1150. The maximum absolute atomic E-state index is 13.7. The Morgan fingerprint density at radius 3 is 2.50 bits per heavy atom. The second-order valence-corrected chi connectivity index (χ2v) is 15.0. The van der Waals surface area contributed by atoms with E-state index in [1.807, 2.05) is 0 Å². The molecule has 1 saturated heterocycles. The molecule has 0 spiro atoms. The van der Waals surface area contributed by atoms with E-state index in [4.69, 9.17) is 20.2 Å². The first-order valence-corrected chi connectivity index (χ1v) is 16.5. The number of sulfonamides is 1. The van der Waals surface area contributed by atoms with E-state index < -0.39 is 39.6 Å². The molecule has 0 radical (unpaired) electrons. The molecule has 4 fully saturated rings. The van der Waals surface area contributed by atoms with Gasteiger partial charge in [0.05, 0.1) is 23.4 Å². The fourth-order valence-electron chi connectivity index (χ4n) is 6.96. The van der Waals surface area contributed by atoms with Crippen LogP contribution in [0.15, 0.2) is 4.99 Å². The molecule has 42 heavy (non-hydrogen) atoms. The largest absolute Gasteiger partial charge is 0.481 e. The van der Waals surface area contributed by atoms with Crippen molar-refractivity contribution in [2.45, 2.75) is 104 Å². The van der Waals surface area contributed by atoms with Gasteiger partial charge in [-0.15, -0.1) is 0 Å². The third kappa shape index (κ3) is 8.63. The van der Waals surface area contributed by atoms with Gasteiger partial charge in [-0.25, -0.2) is 28.7 Å². The molecule has 0 aromatic rings. The topological polar surface area (TPSA) is 218 Å². The van der Waals surface area contributed by atoms with Crippen molar-refractivity contribution in [2.75, 3.05) is 12.3 Å². The summed E-state index contributed by atoms with van der Waals surface area (Å²) in [5, 5.41) is 17.9. The van der Waals surface area contributed by atoms with Crippen molar-refractivity contribution in [3.05, 3.63) is 10.1 Å². The summed E-state index contributed by atoms with van der Waals surface area (Å²) >= 11 is 0. The first-order chi connectivity index (χ1) is 19.4. The van der Waals surface area contributed by atoms with Crippen LogP contribution in [-0.2, 0) is 28.9 Å². The minimum atomic E-state index is -3.70. The Hall–Kier alpha value is -2.30. The van der Waals surface area contributed by atoms with Crippen LogP contribution in [0.4, 0.5) is 0 Å². The summed E-state index contributed by atoms with van der Waals surface area (Å²) in [6.45, 7) is 10.9. The molecule has 6 N–H and O–H groups in total. The number of carbonyl (C=O) groups is 2. The van der Waals surface area contributed by atoms with Crippen LogP contribution in [0, 0.1) is 39.2 Å². The smallest absolute Gasteiger partial charge is 0.404 e. The molecule has 4 rings (SSSR count). The fraction of sp³-hybridized carbons (Fsp3) is 0.885. The third-order valence-electron chi connectivity index (χ3n) is 9.28. The molecule has 238 valence electrons. The van der Waals surface area contributed by atoms with Gasteiger partial charge in [-0.05, 0) is 68.6 Å². The van der Waals surface area contributed by atoms with Gasteiger partial charge in [0, 0.05) is 25.3 Å². The van der Waals surface area contributed by atoms with Crippen LogP contribution in [0.1, 0.15) is 86.0 Å². The number of hydrazine groups is 1. The number of guanidine groups is 1. The highest BCUT2D eigenvalue weighted by molar-refractivity contribution is 7.89. The number of ketones is 1. The summed E-state index contributed by atoms with van der Waals surface area (Å²) in [6, 6.07) is 0. The van der Waals surface area contributed by atoms with Gasteiger partial charge < -0.3 is 20.4 Å². The molecular formula is C26H47BN6O8S. The van der Waals surface area contributed by atoms with Gasteiger partial charge >= 0.3 is 7.12 Å². The van der Waals surface area contributed by atoms with Crippen molar-refractivity contribution in [2.24, 2.45) is 45.0 Å². The molecule has 3 aliphatic carbocycles. The van der Waals surface area contributed by atoms with Crippen molar-refractivity contribution in [1.82, 2.24) is 10.7 Å². The van der Waals surface area contributed by atoms with Gasteiger partial charge in [-0.3, -0.25) is 9.59 Å². The summed E-state index contributed by atoms with van der Waals surface area (Å²) in [6.07, 6.45) is 3.14. The van der Waals surface area contributed by atoms with E-state index in [1.54, 1.807) is 5.43 Å². The number of amides is 1. The van der Waals surface area contributed by atoms with Crippen LogP contribution in [0.3, 0.4) is 0 Å². The number of nitrogens with one attached hydrogen (secondary N) is 2. The maximum atomic E-state index is 13.7. The molecule has 2 bridgehead atoms. The van der Waals surface area contributed by atoms with E-state index >= 15 is 0 Å². The number of hydrogen-bond acceptors (Lipinski definition) is 9. The normalized spacial score (nSPS) is 28.0. The molecule has 1 heterocycles. The molecule has 1 amide bonds. The van der Waals surface area contributed by atoms with Crippen molar-refractivity contribution in [1.29, 1.82) is 0 Å². The second kappa shape index (κ2) is 13.6. The Balaban J connectivity index is 1.69. The minimum Gasteiger partial charge on any atom is -0.404 e. The van der Waals surface area contributed by atoms with Crippen LogP contribution in [0.2, 0.25) is 0 Å². The minimum absolute atomic E-state index is 0.0271. The predicted octanol–water partition coefficient (Wildman–Crippen LogP) is 1.31. The highest BCUT2D eigenvalue weighted by atomic mass is 32.2. The molecule has 1 aliphatic heterocycles. The molecule has 0 aromatic heterocycles. The summed E-state index contributed by atoms with van der Waals surface area (Å²) in [5.74, 6) is -1.25. The van der Waals surface area contributed by atoms with E-state index in [-0.39, 0.29) is 73.1 Å². The molecule has 0 unspecified atom stereocenters. The molecule has 16 heteroatoms. The SMILES string of the molecule is CC(C)C[C@H](NC(=O)[C@H](CCCN=C(N)N[N+](=O)[O-])CC(=O)CCCS(N)(=O)=O)B1O[C@@H]2C[C@H]3C[C@H](C3(C)C)[C@]2(C)O1. The van der Waals surface area contributed by atoms with Crippen LogP contribution in [0.5, 0.6) is 0 Å². The number of nitro groups is 1. The third-order valence-corrected chi connectivity index (χ3v) is 10.1. The monoisotopic (exact) mass is 614 g/mol. The van der Waals surface area contributed by atoms with Crippen molar-refractivity contribution < 1.29 is 32.3 Å². The number of rotatable bonds is 16. The van der Waals surface area contributed by atoms with E-state index in [0.29, 0.717) is 24.7 Å². The zero-order valence-electron chi connectivity index (χ0n) is 25.3. The average Bonchev–Trinajstić information content (AvgIpc) is 3.21. The van der Waals surface area contributed by atoms with E-state index in [9.17, 15) is 28.1 Å². The molecule has 0 aromatic carbocycles. The highest BCUT2D eigenvalue weighted by Gasteiger charge is 2.68. The van der Waals surface area contributed by atoms with Crippen LogP contribution < -0.4 is 21.6 Å². The molecule has 14 nitrogen and oxygen atoms in total. The molecule has 3 saturated carbocycles. The number of nitrogens with two attached hydrogens (primary N) is 2. The van der Waals surface area contributed by atoms with Gasteiger partial charge in [0.25, 0.3) is 5.96 Å². The molecule has 6 atom stereocenters. The van der Waals surface area contributed by atoms with Crippen molar-refractivity contribution in [3.63, 3.8) is 0 Å². The van der Waals surface area contributed by atoms with Crippen LogP contribution in [-0.4, -0.2) is 68.2 Å². The summed E-state index contributed by atoms with van der Waals surface area (Å²) in [5.41, 5.74) is 6.98. The Morgan fingerprint density at radius 2 is 1.90 bits per heavy atom. The number of Topliss-reactive ketones (excluding diaryl/α,β-unsaturated/α-hetero) is 1. The average molecular weight is 615 g/mol. The standard InChI is InChI=1S/C26H47BN6O8S/c1-16(2)12-22(27-40-21-15-18-14-20(25(18,3)4)26(21,5)41-27)31-23(35)17(8-6-10-30-24(28)32-33(36)37)13-19(34)9-7-11-42(29,38)39/h16-18,20-22H,6-15H2,1-5H3,(H,31,35)(H3,28,30,32)(H2,29,38,39)/t17-,18-,20-,21-,22+,26+/m1/s1. The second-order valence-electron chi connectivity index (χ2n) is 13.3. The number of hydrogen-bond donors (Lipinski definition) is 4. The lowest BCUT2D eigenvalue weighted by Gasteiger charge is -2.64. The summed E-state index contributed by atoms with van der Waals surface area (Å²) in [7, 11) is -4.32. The quantitative estimate of drug-likeness (QED) is 0.0488. The Morgan fingerprint density at radius 1 is 1.21 bits per heavy atom. The highest BCUT2D eigenvalue weighted by Crippen LogP contribution is 2.65. The summed E-state index contributed by atoms with van der Waals surface area (Å²) < 4.78 is 35.6. The number of carbonyl (C=O) groups excluding carboxylic acids is 2. The van der Waals surface area contributed by atoms with E-state index in [1.165, 1.54) is 0 Å². The lowest BCUT2D eigenvalue weighted by Crippen LogP contribution is -2.65. The van der Waals surface area contributed by atoms with Gasteiger partial charge in [0.2, 0.25) is 15.9 Å². The van der Waals surface area contributed by atoms with Crippen molar-refractivity contribution >= 4 is 34.8 Å². The summed E-state index contributed by atoms with van der Waals surface area (Å²) in [4.78, 5) is 40.8. The van der Waals surface area contributed by atoms with Crippen molar-refractivity contribution in [3.8, 4) is 0 Å². The van der Waals surface area contributed by atoms with Gasteiger partial charge in [0.1, 0.15) is 5.78 Å². The lowest BCUT2D eigenvalue weighted by atomic mass is 9.43.